The third kappa shape index (κ3) is 5.78. The Balaban J connectivity index is 1.02. The van der Waals surface area contributed by atoms with E-state index in [0.717, 1.165) is 39.2 Å². The number of fused-ring (bicyclic) bond motifs is 6. The van der Waals surface area contributed by atoms with Gasteiger partial charge in [-0.3, -0.25) is 0 Å². The van der Waals surface area contributed by atoms with E-state index in [1.54, 1.807) is 0 Å². The third-order valence-corrected chi connectivity index (χ3v) is 13.8. The molecule has 0 radical (unpaired) electrons. The van der Waals surface area contributed by atoms with Crippen LogP contribution in [0.4, 0.5) is 0 Å². The van der Waals surface area contributed by atoms with Gasteiger partial charge in [-0.05, 0) is 79.9 Å². The maximum absolute atomic E-state index is 5.33. The molecule has 1 aliphatic carbocycles. The summed E-state index contributed by atoms with van der Waals surface area (Å²) in [5, 5.41) is 2.60. The first-order valence-corrected chi connectivity index (χ1v) is 22.0. The van der Waals surface area contributed by atoms with Gasteiger partial charge >= 0.3 is 0 Å². The van der Waals surface area contributed by atoms with E-state index in [1.165, 1.54) is 64.7 Å². The number of hydrogen-bond donors (Lipinski definition) is 0. The minimum atomic E-state index is -0.449. The van der Waals surface area contributed by atoms with Crippen molar-refractivity contribution in [2.75, 3.05) is 0 Å². The second-order valence-corrected chi connectivity index (χ2v) is 17.1. The maximum atomic E-state index is 5.33. The third-order valence-electron chi connectivity index (χ3n) is 12.6. The van der Waals surface area contributed by atoms with Crippen LogP contribution >= 0.6 is 11.3 Å². The molecule has 0 amide bonds. The molecule has 11 aromatic rings. The highest BCUT2D eigenvalue weighted by Gasteiger charge is 2.46. The van der Waals surface area contributed by atoms with Gasteiger partial charge in [0, 0.05) is 36.9 Å². The van der Waals surface area contributed by atoms with Crippen LogP contribution in [0.2, 0.25) is 0 Å². The Kier molecular flexibility index (Phi) is 8.62. The molecule has 0 N–H and O–H groups in total. The fourth-order valence-corrected chi connectivity index (χ4v) is 11.1. The van der Waals surface area contributed by atoms with E-state index in [9.17, 15) is 0 Å². The van der Waals surface area contributed by atoms with Crippen LogP contribution in [0.3, 0.4) is 0 Å². The van der Waals surface area contributed by atoms with Crippen molar-refractivity contribution in [2.45, 2.75) is 5.41 Å². The van der Waals surface area contributed by atoms with Crippen molar-refractivity contribution >= 4 is 31.5 Å². The Bertz CT molecular complexity index is 3420. The quantitative estimate of drug-likeness (QED) is 0.160. The van der Waals surface area contributed by atoms with E-state index in [0.29, 0.717) is 5.82 Å². The number of hydrogen-bond acceptors (Lipinski definition) is 3. The van der Waals surface area contributed by atoms with Gasteiger partial charge in [-0.1, -0.05) is 206 Å². The lowest BCUT2D eigenvalue weighted by Gasteiger charge is -2.33. The highest BCUT2D eigenvalue weighted by molar-refractivity contribution is 7.26. The Hall–Kier alpha value is -7.72. The topological polar surface area (TPSA) is 25.8 Å². The molecule has 12 rings (SSSR count). The van der Waals surface area contributed by atoms with Crippen molar-refractivity contribution < 1.29 is 0 Å². The van der Waals surface area contributed by atoms with Gasteiger partial charge in [0.1, 0.15) is 0 Å². The molecule has 1 aliphatic rings. The van der Waals surface area contributed by atoms with Gasteiger partial charge in [0.25, 0.3) is 0 Å². The number of rotatable bonds is 7. The molecule has 290 valence electrons. The molecule has 0 saturated carbocycles. The number of thiophene rings is 1. The van der Waals surface area contributed by atoms with Gasteiger partial charge in [0.2, 0.25) is 0 Å². The highest BCUT2D eigenvalue weighted by atomic mass is 32.1. The van der Waals surface area contributed by atoms with Crippen molar-refractivity contribution in [3.63, 3.8) is 0 Å². The largest absolute Gasteiger partial charge is 0.228 e. The first kappa shape index (κ1) is 36.2. The number of aromatic nitrogens is 2. The molecule has 0 atom stereocenters. The molecule has 9 aromatic carbocycles. The van der Waals surface area contributed by atoms with Crippen LogP contribution in [-0.4, -0.2) is 9.97 Å². The molecule has 0 unspecified atom stereocenters. The molecule has 0 aliphatic heterocycles. The van der Waals surface area contributed by atoms with Gasteiger partial charge in [-0.15, -0.1) is 11.3 Å². The van der Waals surface area contributed by atoms with Gasteiger partial charge in [0.05, 0.1) is 16.8 Å². The summed E-state index contributed by atoms with van der Waals surface area (Å²) in [5.74, 6) is 0.698. The van der Waals surface area contributed by atoms with Crippen molar-refractivity contribution in [1.29, 1.82) is 0 Å². The van der Waals surface area contributed by atoms with Crippen LogP contribution in [0.15, 0.2) is 231 Å². The lowest BCUT2D eigenvalue weighted by molar-refractivity contribution is 0.768. The Morgan fingerprint density at radius 3 is 1.66 bits per heavy atom. The van der Waals surface area contributed by atoms with Crippen molar-refractivity contribution in [1.82, 2.24) is 9.97 Å². The molecule has 62 heavy (non-hydrogen) atoms. The van der Waals surface area contributed by atoms with Crippen molar-refractivity contribution in [3.8, 4) is 67.3 Å². The fourth-order valence-electron chi connectivity index (χ4n) is 9.84. The molecule has 0 bridgehead atoms. The van der Waals surface area contributed by atoms with E-state index in [4.69, 9.17) is 9.97 Å². The molecule has 2 heterocycles. The van der Waals surface area contributed by atoms with E-state index in [-0.39, 0.29) is 0 Å². The van der Waals surface area contributed by atoms with Crippen LogP contribution in [0.1, 0.15) is 22.3 Å². The van der Waals surface area contributed by atoms with Gasteiger partial charge in [0.15, 0.2) is 5.82 Å². The normalized spacial score (nSPS) is 12.6. The van der Waals surface area contributed by atoms with Crippen LogP contribution in [0.25, 0.3) is 87.5 Å². The molecule has 2 aromatic heterocycles. The molecular formula is C59H38N2S. The lowest BCUT2D eigenvalue weighted by atomic mass is 9.67. The Morgan fingerprint density at radius 1 is 0.323 bits per heavy atom. The average molecular weight is 807 g/mol. The predicted octanol–water partition coefficient (Wildman–Crippen LogP) is 15.5. The Morgan fingerprint density at radius 2 is 0.871 bits per heavy atom. The van der Waals surface area contributed by atoms with E-state index >= 15 is 0 Å². The minimum Gasteiger partial charge on any atom is -0.228 e. The average Bonchev–Trinajstić information content (AvgIpc) is 3.89. The summed E-state index contributed by atoms with van der Waals surface area (Å²) in [6.45, 7) is 0. The van der Waals surface area contributed by atoms with Crippen molar-refractivity contribution in [2.24, 2.45) is 0 Å². The van der Waals surface area contributed by atoms with Gasteiger partial charge in [-0.2, -0.15) is 0 Å². The zero-order valence-corrected chi connectivity index (χ0v) is 34.6. The second-order valence-electron chi connectivity index (χ2n) is 16.0. The second kappa shape index (κ2) is 14.8. The van der Waals surface area contributed by atoms with Crippen LogP contribution in [0, 0.1) is 0 Å². The maximum Gasteiger partial charge on any atom is 0.160 e. The van der Waals surface area contributed by atoms with Crippen LogP contribution in [0.5, 0.6) is 0 Å². The summed E-state index contributed by atoms with van der Waals surface area (Å²) in [7, 11) is 0. The predicted molar refractivity (Wildman–Crippen MR) is 259 cm³/mol. The first-order valence-electron chi connectivity index (χ1n) is 21.1. The molecule has 2 nitrogen and oxygen atoms in total. The van der Waals surface area contributed by atoms with Crippen LogP contribution < -0.4 is 0 Å². The first-order chi connectivity index (χ1) is 30.7. The molecule has 0 saturated heterocycles. The zero-order chi connectivity index (χ0) is 41.0. The number of benzene rings is 9. The highest BCUT2D eigenvalue weighted by Crippen LogP contribution is 2.57. The summed E-state index contributed by atoms with van der Waals surface area (Å²) in [5.41, 5.74) is 16.7. The van der Waals surface area contributed by atoms with E-state index in [1.807, 2.05) is 17.4 Å². The SMILES string of the molecule is c1ccc(-c2nc(-c3cccc(-c4cccc5c4sc4ccccc45)c3)cc(-c3ccccc3-c3ccc4c(c3)-c3ccccc3C4(c3ccccc3)c3ccccc3)n2)cc1. The smallest absolute Gasteiger partial charge is 0.160 e. The molecule has 3 heteroatoms. The monoisotopic (exact) mass is 806 g/mol. The summed E-state index contributed by atoms with van der Waals surface area (Å²) in [6, 6.07) is 83.4. The fraction of sp³-hybridized carbons (Fsp3) is 0.0169. The summed E-state index contributed by atoms with van der Waals surface area (Å²) < 4.78 is 2.60. The molecule has 0 fully saturated rings. The zero-order valence-electron chi connectivity index (χ0n) is 33.7. The molecular weight excluding hydrogens is 769 g/mol. The van der Waals surface area contributed by atoms with E-state index < -0.39 is 5.41 Å². The van der Waals surface area contributed by atoms with Gasteiger partial charge < -0.3 is 0 Å². The molecule has 0 spiro atoms. The summed E-state index contributed by atoms with van der Waals surface area (Å²) >= 11 is 1.86. The summed E-state index contributed by atoms with van der Waals surface area (Å²) in [4.78, 5) is 10.6. The van der Waals surface area contributed by atoms with Crippen LogP contribution in [-0.2, 0) is 5.41 Å². The lowest BCUT2D eigenvalue weighted by Crippen LogP contribution is -2.28. The van der Waals surface area contributed by atoms with Gasteiger partial charge in [-0.25, -0.2) is 9.97 Å². The minimum absolute atomic E-state index is 0.449. The van der Waals surface area contributed by atoms with Crippen molar-refractivity contribution in [3.05, 3.63) is 253 Å². The standard InChI is InChI=1S/C59H38N2S/c1-4-18-39(19-5-1)58-60-54(42-21-16-20-40(36-42)46-30-17-31-50-49-29-13-15-33-56(49)62-57(46)50)38-55(61-58)48-28-11-10-26-45(48)41-34-35-53-51(37-41)47-27-12-14-32-52(47)59(53,43-22-6-2-7-23-43)44-24-8-3-9-25-44/h1-38H. The summed E-state index contributed by atoms with van der Waals surface area (Å²) in [6.07, 6.45) is 0. The van der Waals surface area contributed by atoms with E-state index in [2.05, 4.69) is 224 Å². The number of nitrogens with zero attached hydrogens (tertiary/aromatic N) is 2. The Labute approximate surface area is 365 Å².